The molecule has 0 heterocycles. The molecule has 0 aromatic heterocycles. The second-order valence-corrected chi connectivity index (χ2v) is 10.7. The fourth-order valence-electron chi connectivity index (χ4n) is 4.89. The van der Waals surface area contributed by atoms with E-state index in [2.05, 4.69) is 5.32 Å². The van der Waals surface area contributed by atoms with Crippen molar-refractivity contribution < 1.29 is 24.5 Å². The number of aryl methyl sites for hydroxylation is 1. The number of carbonyl (C=O) groups excluding carboxylic acids is 1. The third-order valence-electron chi connectivity index (χ3n) is 6.89. The van der Waals surface area contributed by atoms with Crippen molar-refractivity contribution in [3.63, 3.8) is 0 Å². The molecule has 6 nitrogen and oxygen atoms in total. The molecule has 0 spiro atoms. The number of hydrogen-bond acceptors (Lipinski definition) is 5. The van der Waals surface area contributed by atoms with Gasteiger partial charge in [-0.2, -0.15) is 11.8 Å². The van der Waals surface area contributed by atoms with Crippen LogP contribution in [-0.2, 0) is 16.1 Å². The summed E-state index contributed by atoms with van der Waals surface area (Å²) in [6.07, 6.45) is 8.78. The quantitative estimate of drug-likeness (QED) is 0.328. The predicted octanol–water partition coefficient (Wildman–Crippen LogP) is 4.80. The van der Waals surface area contributed by atoms with Gasteiger partial charge in [-0.05, 0) is 72.1 Å². The Bertz CT molecular complexity index is 1010. The van der Waals surface area contributed by atoms with Crippen LogP contribution in [0.15, 0.2) is 42.5 Å². The number of carboxylic acid groups (broad SMARTS) is 1. The van der Waals surface area contributed by atoms with Crippen LogP contribution in [0.3, 0.4) is 0 Å². The molecule has 8 heteroatoms. The summed E-state index contributed by atoms with van der Waals surface area (Å²) in [7, 11) is 0. The first-order valence-corrected chi connectivity index (χ1v) is 14.3. The van der Waals surface area contributed by atoms with Crippen LogP contribution in [0.5, 0.6) is 0 Å². The fraction of sp³-hybridized carbons (Fsp3) is 0.517. The molecule has 2 unspecified atom stereocenters. The van der Waals surface area contributed by atoms with E-state index in [0.717, 1.165) is 28.7 Å². The number of hydrogen-bond donors (Lipinski definition) is 3. The summed E-state index contributed by atoms with van der Waals surface area (Å²) in [5, 5.41) is 22.7. The minimum absolute atomic E-state index is 0. The average molecular weight is 522 g/mol. The molecule has 1 saturated carbocycles. The van der Waals surface area contributed by atoms with Crippen LogP contribution in [-0.4, -0.2) is 71.7 Å². The molecule has 0 bridgehead atoms. The topological polar surface area (TPSA) is 95.9 Å². The molecule has 1 aliphatic rings. The molecule has 3 N–H and O–H groups in total. The van der Waals surface area contributed by atoms with Gasteiger partial charge in [-0.25, -0.2) is 4.79 Å². The van der Waals surface area contributed by atoms with E-state index in [4.69, 9.17) is 4.74 Å². The van der Waals surface area contributed by atoms with Crippen LogP contribution >= 0.6 is 11.8 Å². The van der Waals surface area contributed by atoms with Crippen molar-refractivity contribution in [2.45, 2.75) is 70.6 Å². The molecule has 3 rings (SSSR count). The molecule has 1 fully saturated rings. The summed E-state index contributed by atoms with van der Waals surface area (Å²) < 4.78 is 5.85. The summed E-state index contributed by atoms with van der Waals surface area (Å²) in [6, 6.07) is 12.4. The van der Waals surface area contributed by atoms with Crippen molar-refractivity contribution in [1.82, 2.24) is 5.32 Å². The predicted molar refractivity (Wildman–Crippen MR) is 153 cm³/mol. The van der Waals surface area contributed by atoms with E-state index in [0.29, 0.717) is 30.3 Å². The Morgan fingerprint density at radius 1 is 1.11 bits per heavy atom. The van der Waals surface area contributed by atoms with E-state index < -0.39 is 24.0 Å². The normalized spacial score (nSPS) is 15.4. The number of aliphatic carboxylic acids is 1. The van der Waals surface area contributed by atoms with Gasteiger partial charge in [-0.1, -0.05) is 62.4 Å². The second kappa shape index (κ2) is 16.3. The number of rotatable bonds is 13. The van der Waals surface area contributed by atoms with Gasteiger partial charge in [-0.3, -0.25) is 4.79 Å². The summed E-state index contributed by atoms with van der Waals surface area (Å²) in [5.41, 5.74) is 4.00. The summed E-state index contributed by atoms with van der Waals surface area (Å²) in [4.78, 5) is 24.9. The Kier molecular flexibility index (Phi) is 13.8. The first kappa shape index (κ1) is 31.5. The van der Waals surface area contributed by atoms with E-state index >= 15 is 0 Å². The van der Waals surface area contributed by atoms with Crippen LogP contribution in [0, 0.1) is 12.8 Å². The van der Waals surface area contributed by atoms with Gasteiger partial charge in [0.15, 0.2) is 0 Å². The van der Waals surface area contributed by atoms with Crippen molar-refractivity contribution in [1.29, 1.82) is 0 Å². The molecule has 37 heavy (non-hydrogen) atoms. The summed E-state index contributed by atoms with van der Waals surface area (Å²) in [6.45, 7) is 2.60. The van der Waals surface area contributed by atoms with Gasteiger partial charge in [-0.15, -0.1) is 0 Å². The number of thioether (sulfide) groups is 1. The molecular formula is C29H40LiNO5S. The zero-order chi connectivity index (χ0) is 25.9. The molecule has 0 aliphatic heterocycles. The number of benzene rings is 2. The minimum atomic E-state index is -1.04. The zero-order valence-electron chi connectivity index (χ0n) is 21.4. The number of amides is 1. The fourth-order valence-corrected chi connectivity index (χ4v) is 5.37. The van der Waals surface area contributed by atoms with Crippen molar-refractivity contribution >= 4 is 42.5 Å². The third kappa shape index (κ3) is 9.81. The first-order chi connectivity index (χ1) is 17.4. The zero-order valence-corrected chi connectivity index (χ0v) is 22.2. The first-order valence-electron chi connectivity index (χ1n) is 12.9. The van der Waals surface area contributed by atoms with E-state index in [9.17, 15) is 19.8 Å². The van der Waals surface area contributed by atoms with E-state index in [1.54, 1.807) is 17.8 Å². The van der Waals surface area contributed by atoms with Crippen LogP contribution < -0.4 is 5.32 Å². The van der Waals surface area contributed by atoms with Gasteiger partial charge >= 0.3 is 24.8 Å². The Labute approximate surface area is 237 Å². The average Bonchev–Trinajstić information content (AvgIpc) is 2.87. The SMILES string of the molecule is CSCCC(NC(=O)c1ccc(COCC(O)CC2CCCCC2)cc1-c1ccccc1C)C(=O)O.[LiH]. The number of carbonyl (C=O) groups is 2. The van der Waals surface area contributed by atoms with Crippen molar-refractivity contribution in [2.24, 2.45) is 5.92 Å². The van der Waals surface area contributed by atoms with Crippen LogP contribution in [0.1, 0.15) is 66.4 Å². The monoisotopic (exact) mass is 521 g/mol. The Morgan fingerprint density at radius 3 is 2.51 bits per heavy atom. The molecule has 1 amide bonds. The summed E-state index contributed by atoms with van der Waals surface area (Å²) in [5.74, 6) is -0.206. The Hall–Kier alpha value is -1.75. The maximum absolute atomic E-state index is 13.2. The van der Waals surface area contributed by atoms with Crippen molar-refractivity contribution in [2.75, 3.05) is 18.6 Å². The maximum atomic E-state index is 13.2. The van der Waals surface area contributed by atoms with E-state index in [1.165, 1.54) is 32.1 Å². The molecule has 1 aliphatic carbocycles. The molecule has 2 aromatic carbocycles. The molecule has 0 saturated heterocycles. The Balaban J connectivity index is 0.00000481. The van der Waals surface area contributed by atoms with Gasteiger partial charge in [0.05, 0.1) is 19.3 Å². The van der Waals surface area contributed by atoms with Crippen LogP contribution in [0.4, 0.5) is 0 Å². The Morgan fingerprint density at radius 2 is 1.84 bits per heavy atom. The second-order valence-electron chi connectivity index (χ2n) is 9.75. The van der Waals surface area contributed by atoms with E-state index in [1.807, 2.05) is 49.6 Å². The number of aliphatic hydroxyl groups excluding tert-OH is 1. The molecule has 2 aromatic rings. The van der Waals surface area contributed by atoms with E-state index in [-0.39, 0.29) is 25.5 Å². The standard InChI is InChI=1S/C29H39NO5S.Li.H/c1-20-8-6-7-11-24(20)26-17-22(18-35-19-23(31)16-21-9-4-3-5-10-21)12-13-25(26)28(32)30-27(29(33)34)14-15-36-2;;/h6-8,11-13,17,21,23,27,31H,3-5,9-10,14-16,18-19H2,1-2H3,(H,30,32)(H,33,34);;. The van der Waals surface area contributed by atoms with Crippen molar-refractivity contribution in [3.8, 4) is 11.1 Å². The van der Waals surface area contributed by atoms with Gasteiger partial charge in [0.2, 0.25) is 0 Å². The molecule has 198 valence electrons. The number of aliphatic hydroxyl groups is 1. The van der Waals surface area contributed by atoms with Crippen molar-refractivity contribution in [3.05, 3.63) is 59.2 Å². The van der Waals surface area contributed by atoms with Crippen LogP contribution in [0.2, 0.25) is 0 Å². The molecular weight excluding hydrogens is 481 g/mol. The number of carboxylic acids is 1. The number of ether oxygens (including phenoxy) is 1. The number of nitrogens with one attached hydrogen (secondary N) is 1. The van der Waals surface area contributed by atoms with Gasteiger partial charge in [0, 0.05) is 5.56 Å². The third-order valence-corrected chi connectivity index (χ3v) is 7.53. The van der Waals surface area contributed by atoms with Gasteiger partial charge in [0.1, 0.15) is 6.04 Å². The van der Waals surface area contributed by atoms with Crippen LogP contribution in [0.25, 0.3) is 11.1 Å². The molecule has 2 atom stereocenters. The summed E-state index contributed by atoms with van der Waals surface area (Å²) >= 11 is 1.55. The van der Waals surface area contributed by atoms with Gasteiger partial charge in [0.25, 0.3) is 5.91 Å². The van der Waals surface area contributed by atoms with Gasteiger partial charge < -0.3 is 20.3 Å². The molecule has 0 radical (unpaired) electrons.